The highest BCUT2D eigenvalue weighted by Gasteiger charge is 2.19. The van der Waals surface area contributed by atoms with Gasteiger partial charge in [0.15, 0.2) is 0 Å². The van der Waals surface area contributed by atoms with Gasteiger partial charge in [-0.2, -0.15) is 0 Å². The minimum atomic E-state index is -3.85. The number of imide groups is 1. The number of sulfonamides is 1. The van der Waals surface area contributed by atoms with Gasteiger partial charge in [-0.05, 0) is 53.6 Å². The Morgan fingerprint density at radius 2 is 1.76 bits per heavy atom. The molecular formula is C26H30ClN5O5S. The molecule has 12 heteroatoms. The molecule has 3 amide bonds. The number of nitrogens with zero attached hydrogens (tertiary/aromatic N) is 1. The monoisotopic (exact) mass is 559 g/mol. The molecule has 0 aliphatic carbocycles. The van der Waals surface area contributed by atoms with E-state index >= 15 is 0 Å². The van der Waals surface area contributed by atoms with Gasteiger partial charge in [-0.25, -0.2) is 13.2 Å². The van der Waals surface area contributed by atoms with Crippen molar-refractivity contribution in [1.82, 2.24) is 15.5 Å². The molecule has 1 aliphatic rings. The zero-order valence-electron chi connectivity index (χ0n) is 21.1. The van der Waals surface area contributed by atoms with Crippen LogP contribution < -0.4 is 20.7 Å². The van der Waals surface area contributed by atoms with Crippen molar-refractivity contribution in [2.45, 2.75) is 18.0 Å². The molecule has 0 radical (unpaired) electrons. The van der Waals surface area contributed by atoms with Crippen LogP contribution in [0.1, 0.15) is 11.1 Å². The third-order valence-corrected chi connectivity index (χ3v) is 7.31. The third-order valence-electron chi connectivity index (χ3n) is 5.71. The highest BCUT2D eigenvalue weighted by Crippen LogP contribution is 2.23. The number of hydrogen-bond donors (Lipinski definition) is 4. The van der Waals surface area contributed by atoms with Gasteiger partial charge in [-0.1, -0.05) is 30.8 Å². The summed E-state index contributed by atoms with van der Waals surface area (Å²) in [7, 11) is -0.511. The quantitative estimate of drug-likeness (QED) is 0.245. The number of carbonyl (C=O) groups is 2. The van der Waals surface area contributed by atoms with Crippen LogP contribution in [0, 0.1) is 0 Å². The first-order valence-electron chi connectivity index (χ1n) is 11.5. The Bertz CT molecular complexity index is 1370. The van der Waals surface area contributed by atoms with Gasteiger partial charge in [0.2, 0.25) is 0 Å². The average Bonchev–Trinajstić information content (AvgIpc) is 3.33. The normalized spacial score (nSPS) is 12.9. The van der Waals surface area contributed by atoms with Gasteiger partial charge in [0.05, 0.1) is 17.1 Å². The number of likely N-dealkylation sites (N-methyl/N-ethyl adjacent to an activating group) is 1. The Kier molecular flexibility index (Phi) is 9.70. The minimum Gasteiger partial charge on any atom is -0.383 e. The third kappa shape index (κ3) is 7.68. The van der Waals surface area contributed by atoms with Gasteiger partial charge in [0.1, 0.15) is 0 Å². The second-order valence-corrected chi connectivity index (χ2v) is 10.6. The van der Waals surface area contributed by atoms with Crippen LogP contribution in [0.3, 0.4) is 0 Å². The van der Waals surface area contributed by atoms with Crippen molar-refractivity contribution in [1.29, 1.82) is 0 Å². The lowest BCUT2D eigenvalue weighted by Crippen LogP contribution is -2.35. The van der Waals surface area contributed by atoms with E-state index in [0.29, 0.717) is 31.1 Å². The molecule has 0 unspecified atom stereocenters. The number of methoxy groups -OCH3 is 1. The van der Waals surface area contributed by atoms with E-state index in [9.17, 15) is 18.0 Å². The second kappa shape index (κ2) is 12.7. The lowest BCUT2D eigenvalue weighted by Gasteiger charge is -2.19. The molecular weight excluding hydrogens is 530 g/mol. The molecule has 1 heterocycles. The van der Waals surface area contributed by atoms with Crippen molar-refractivity contribution in [3.05, 3.63) is 89.1 Å². The van der Waals surface area contributed by atoms with Crippen LogP contribution in [0.2, 0.25) is 0 Å². The maximum Gasteiger partial charge on any atom is 0.326 e. The summed E-state index contributed by atoms with van der Waals surface area (Å²) < 4.78 is 33.2. The number of anilines is 2. The topological polar surface area (TPSA) is 129 Å². The first kappa shape index (κ1) is 28.9. The van der Waals surface area contributed by atoms with E-state index in [4.69, 9.17) is 16.3 Å². The molecule has 2 aromatic rings. The first-order valence-corrected chi connectivity index (χ1v) is 13.4. The van der Waals surface area contributed by atoms with E-state index in [-0.39, 0.29) is 21.2 Å². The van der Waals surface area contributed by atoms with Gasteiger partial charge >= 0.3 is 6.03 Å². The predicted molar refractivity (Wildman–Crippen MR) is 148 cm³/mol. The van der Waals surface area contributed by atoms with Crippen LogP contribution in [0.5, 0.6) is 0 Å². The molecule has 202 valence electrons. The molecule has 0 spiro atoms. The van der Waals surface area contributed by atoms with E-state index in [1.807, 2.05) is 6.07 Å². The van der Waals surface area contributed by atoms with E-state index in [2.05, 4.69) is 33.8 Å². The van der Waals surface area contributed by atoms with Crippen LogP contribution in [-0.2, 0) is 32.6 Å². The molecule has 0 aromatic heterocycles. The van der Waals surface area contributed by atoms with Crippen molar-refractivity contribution in [2.75, 3.05) is 37.3 Å². The first-order chi connectivity index (χ1) is 18.0. The Hall–Kier alpha value is -3.64. The van der Waals surface area contributed by atoms with Crippen molar-refractivity contribution >= 4 is 44.9 Å². The van der Waals surface area contributed by atoms with Gasteiger partial charge in [0, 0.05) is 55.9 Å². The number of hydrogen-bond acceptors (Lipinski definition) is 7. The fraction of sp³-hybridized carbons (Fsp3) is 0.231. The van der Waals surface area contributed by atoms with E-state index < -0.39 is 22.0 Å². The molecule has 3 rings (SSSR count). The van der Waals surface area contributed by atoms with Gasteiger partial charge in [-0.3, -0.25) is 14.8 Å². The fourth-order valence-corrected chi connectivity index (χ4v) is 4.73. The molecule has 0 atom stereocenters. The number of nitrogens with one attached hydrogen (secondary N) is 4. The van der Waals surface area contributed by atoms with Crippen molar-refractivity contribution in [3.8, 4) is 0 Å². The summed E-state index contributed by atoms with van der Waals surface area (Å²) in [4.78, 5) is 26.8. The SMILES string of the molecule is C=C(Cl)/C(=C\C(=C)N(C)CCOC)C(=O)NC(=O)Nc1ccc(S(=O)(=O)Nc2ccc3c(c2)CNC3)cc1. The zero-order chi connectivity index (χ0) is 27.9. The molecule has 0 bridgehead atoms. The molecule has 4 N–H and O–H groups in total. The summed E-state index contributed by atoms with van der Waals surface area (Å²) in [5.41, 5.74) is 3.35. The summed E-state index contributed by atoms with van der Waals surface area (Å²) >= 11 is 5.98. The minimum absolute atomic E-state index is 0.0120. The van der Waals surface area contributed by atoms with Crippen LogP contribution in [0.15, 0.2) is 82.9 Å². The fourth-order valence-electron chi connectivity index (χ4n) is 3.54. The van der Waals surface area contributed by atoms with Crippen molar-refractivity contribution < 1.29 is 22.7 Å². The lowest BCUT2D eigenvalue weighted by atomic mass is 10.1. The number of urea groups is 1. The number of rotatable bonds is 11. The molecule has 0 saturated carbocycles. The smallest absolute Gasteiger partial charge is 0.326 e. The summed E-state index contributed by atoms with van der Waals surface area (Å²) in [6.07, 6.45) is 1.41. The molecule has 38 heavy (non-hydrogen) atoms. The Balaban J connectivity index is 1.61. The van der Waals surface area contributed by atoms with Gasteiger partial charge in [-0.15, -0.1) is 0 Å². The zero-order valence-corrected chi connectivity index (χ0v) is 22.7. The number of ether oxygens (including phenoxy) is 1. The number of benzene rings is 2. The van der Waals surface area contributed by atoms with Crippen molar-refractivity contribution in [2.24, 2.45) is 0 Å². The van der Waals surface area contributed by atoms with E-state index in [1.165, 1.54) is 30.3 Å². The Labute approximate surface area is 227 Å². The Morgan fingerprint density at radius 3 is 2.42 bits per heavy atom. The number of allylic oxidation sites excluding steroid dienone is 1. The summed E-state index contributed by atoms with van der Waals surface area (Å²) in [6, 6.07) is 10.1. The molecule has 10 nitrogen and oxygen atoms in total. The number of carbonyl (C=O) groups excluding carboxylic acids is 2. The number of halogens is 1. The van der Waals surface area contributed by atoms with Crippen LogP contribution in [0.25, 0.3) is 0 Å². The van der Waals surface area contributed by atoms with Crippen LogP contribution in [-0.4, -0.2) is 52.6 Å². The molecule has 2 aromatic carbocycles. The second-order valence-electron chi connectivity index (χ2n) is 8.49. The molecule has 0 saturated heterocycles. The lowest BCUT2D eigenvalue weighted by molar-refractivity contribution is -0.116. The predicted octanol–water partition coefficient (Wildman–Crippen LogP) is 3.51. The summed E-state index contributed by atoms with van der Waals surface area (Å²) in [6.45, 7) is 9.89. The number of fused-ring (bicyclic) bond motifs is 1. The average molecular weight is 560 g/mol. The van der Waals surface area contributed by atoms with E-state index in [1.54, 1.807) is 31.2 Å². The number of amides is 3. The van der Waals surface area contributed by atoms with Crippen LogP contribution >= 0.6 is 11.6 Å². The maximum absolute atomic E-state index is 12.8. The molecule has 0 fully saturated rings. The van der Waals surface area contributed by atoms with E-state index in [0.717, 1.165) is 17.7 Å². The summed E-state index contributed by atoms with van der Waals surface area (Å²) in [5.74, 6) is -0.781. The highest BCUT2D eigenvalue weighted by atomic mass is 35.5. The maximum atomic E-state index is 12.8. The summed E-state index contributed by atoms with van der Waals surface area (Å²) in [5, 5.41) is 7.80. The highest BCUT2D eigenvalue weighted by molar-refractivity contribution is 7.92. The van der Waals surface area contributed by atoms with Crippen LogP contribution in [0.4, 0.5) is 16.2 Å². The largest absolute Gasteiger partial charge is 0.383 e. The van der Waals surface area contributed by atoms with Crippen molar-refractivity contribution in [3.63, 3.8) is 0 Å². The van der Waals surface area contributed by atoms with Gasteiger partial charge in [0.25, 0.3) is 15.9 Å². The standard InChI is InChI=1S/C26H30ClN5O5S/c1-17(32(3)11-12-37-4)13-24(18(2)27)25(33)30-26(34)29-21-7-9-23(10-8-21)38(35,36)31-22-6-5-19-15-28-16-20(19)14-22/h5-10,13-14,28,31H,1-2,11-12,15-16H2,3-4H3,(H2,29,30,33,34)/b24-13+. The van der Waals surface area contributed by atoms with Gasteiger partial charge < -0.3 is 20.3 Å². The Morgan fingerprint density at radius 1 is 1.11 bits per heavy atom. The molecule has 1 aliphatic heterocycles.